The fraction of sp³-hybridized carbons (Fsp3) is 0.500. The van der Waals surface area contributed by atoms with Gasteiger partial charge in [0.2, 0.25) is 0 Å². The number of nitrogens with one attached hydrogen (secondary N) is 1. The van der Waals surface area contributed by atoms with E-state index < -0.39 is 0 Å². The van der Waals surface area contributed by atoms with E-state index in [1.165, 1.54) is 0 Å². The minimum absolute atomic E-state index is 0.137. The zero-order valence-corrected chi connectivity index (χ0v) is 7.05. The number of fused-ring (bicyclic) bond motifs is 1. The first kappa shape index (κ1) is 7.59. The fourth-order valence-electron chi connectivity index (χ4n) is 1.79. The normalized spacial score (nSPS) is 28.5. The lowest BCUT2D eigenvalue weighted by molar-refractivity contribution is -0.121. The number of ketones is 1. The van der Waals surface area contributed by atoms with E-state index in [2.05, 4.69) is 11.4 Å². The van der Waals surface area contributed by atoms with Crippen molar-refractivity contribution in [2.24, 2.45) is 5.92 Å². The number of carbonyl (C=O) groups is 1. The van der Waals surface area contributed by atoms with E-state index in [0.29, 0.717) is 5.78 Å². The van der Waals surface area contributed by atoms with Crippen molar-refractivity contribution in [3.8, 4) is 0 Å². The van der Waals surface area contributed by atoms with Crippen molar-refractivity contribution in [3.63, 3.8) is 0 Å². The molecule has 0 amide bonds. The van der Waals surface area contributed by atoms with Crippen LogP contribution in [0.15, 0.2) is 23.9 Å². The summed E-state index contributed by atoms with van der Waals surface area (Å²) in [5, 5.41) is 3.30. The van der Waals surface area contributed by atoms with E-state index >= 15 is 0 Å². The molecule has 0 bridgehead atoms. The van der Waals surface area contributed by atoms with Gasteiger partial charge in [0.05, 0.1) is 5.92 Å². The van der Waals surface area contributed by atoms with Crippen LogP contribution in [0, 0.1) is 5.92 Å². The summed E-state index contributed by atoms with van der Waals surface area (Å²) >= 11 is 0. The van der Waals surface area contributed by atoms with Gasteiger partial charge in [-0.1, -0.05) is 12.2 Å². The van der Waals surface area contributed by atoms with Crippen molar-refractivity contribution >= 4 is 5.78 Å². The predicted octanol–water partition coefficient (Wildman–Crippen LogP) is 1.40. The van der Waals surface area contributed by atoms with Crippen LogP contribution in [0.2, 0.25) is 0 Å². The Morgan fingerprint density at radius 2 is 2.42 bits per heavy atom. The van der Waals surface area contributed by atoms with Crippen LogP contribution < -0.4 is 5.32 Å². The zero-order valence-electron chi connectivity index (χ0n) is 7.05. The Kier molecular flexibility index (Phi) is 1.98. The SMILES string of the molecule is O=C1CCCNC2=CC=CCC12. The lowest BCUT2D eigenvalue weighted by Gasteiger charge is -2.17. The van der Waals surface area contributed by atoms with Crippen LogP contribution in [0.25, 0.3) is 0 Å². The van der Waals surface area contributed by atoms with Gasteiger partial charge >= 0.3 is 0 Å². The number of hydrogen-bond donors (Lipinski definition) is 1. The van der Waals surface area contributed by atoms with Gasteiger partial charge in [0.1, 0.15) is 5.78 Å². The molecule has 1 aliphatic carbocycles. The summed E-state index contributed by atoms with van der Waals surface area (Å²) in [5.41, 5.74) is 1.13. The highest BCUT2D eigenvalue weighted by Crippen LogP contribution is 2.23. The molecular formula is C10H13NO. The molecule has 1 atom stereocenters. The monoisotopic (exact) mass is 163 g/mol. The summed E-state index contributed by atoms with van der Waals surface area (Å²) in [6, 6.07) is 0. The molecule has 1 saturated heterocycles. The summed E-state index contributed by atoms with van der Waals surface area (Å²) in [6.45, 7) is 0.946. The third-order valence-electron chi connectivity index (χ3n) is 2.48. The molecule has 12 heavy (non-hydrogen) atoms. The third kappa shape index (κ3) is 1.29. The molecule has 1 unspecified atom stereocenters. The molecule has 0 spiro atoms. The number of Topliss-reactive ketones (excluding diaryl/α,β-unsaturated/α-hetero) is 1. The molecule has 2 aliphatic rings. The van der Waals surface area contributed by atoms with Crippen molar-refractivity contribution in [1.82, 2.24) is 5.32 Å². The molecule has 0 aromatic heterocycles. The van der Waals surface area contributed by atoms with Crippen molar-refractivity contribution < 1.29 is 4.79 Å². The molecule has 0 radical (unpaired) electrons. The summed E-state index contributed by atoms with van der Waals surface area (Å²) in [6.07, 6.45) is 8.72. The summed E-state index contributed by atoms with van der Waals surface area (Å²) in [5.74, 6) is 0.535. The first-order valence-electron chi connectivity index (χ1n) is 4.51. The molecule has 1 N–H and O–H groups in total. The largest absolute Gasteiger partial charge is 0.388 e. The minimum atomic E-state index is 0.137. The molecular weight excluding hydrogens is 150 g/mol. The number of carbonyl (C=O) groups excluding carboxylic acids is 1. The lowest BCUT2D eigenvalue weighted by Crippen LogP contribution is -2.23. The van der Waals surface area contributed by atoms with Crippen LogP contribution in [0.5, 0.6) is 0 Å². The highest BCUT2D eigenvalue weighted by atomic mass is 16.1. The molecule has 2 nitrogen and oxygen atoms in total. The zero-order chi connectivity index (χ0) is 8.39. The molecule has 1 heterocycles. The quantitative estimate of drug-likeness (QED) is 0.585. The highest BCUT2D eigenvalue weighted by molar-refractivity contribution is 5.84. The number of rotatable bonds is 0. The van der Waals surface area contributed by atoms with Crippen molar-refractivity contribution in [1.29, 1.82) is 0 Å². The van der Waals surface area contributed by atoms with Gasteiger partial charge in [-0.05, 0) is 18.9 Å². The standard InChI is InChI=1S/C10H13NO/c12-10-6-3-7-11-9-5-2-1-4-8(9)10/h1-2,5,8,11H,3-4,6-7H2. The van der Waals surface area contributed by atoms with Gasteiger partial charge < -0.3 is 5.32 Å². The Balaban J connectivity index is 2.23. The van der Waals surface area contributed by atoms with Crippen LogP contribution in [-0.2, 0) is 4.79 Å². The van der Waals surface area contributed by atoms with E-state index in [0.717, 1.165) is 31.5 Å². The van der Waals surface area contributed by atoms with Crippen LogP contribution in [0.1, 0.15) is 19.3 Å². The summed E-state index contributed by atoms with van der Waals surface area (Å²) < 4.78 is 0. The maximum absolute atomic E-state index is 11.5. The maximum Gasteiger partial charge on any atom is 0.142 e. The van der Waals surface area contributed by atoms with Crippen LogP contribution in [-0.4, -0.2) is 12.3 Å². The predicted molar refractivity (Wildman–Crippen MR) is 47.6 cm³/mol. The molecule has 2 heteroatoms. The van der Waals surface area contributed by atoms with E-state index in [9.17, 15) is 4.79 Å². The van der Waals surface area contributed by atoms with E-state index in [1.54, 1.807) is 0 Å². The smallest absolute Gasteiger partial charge is 0.142 e. The van der Waals surface area contributed by atoms with E-state index in [4.69, 9.17) is 0 Å². The van der Waals surface area contributed by atoms with Crippen LogP contribution in [0.4, 0.5) is 0 Å². The van der Waals surface area contributed by atoms with Crippen LogP contribution >= 0.6 is 0 Å². The van der Waals surface area contributed by atoms with Crippen LogP contribution in [0.3, 0.4) is 0 Å². The van der Waals surface area contributed by atoms with E-state index in [1.807, 2.05) is 12.2 Å². The molecule has 0 aromatic rings. The van der Waals surface area contributed by atoms with Crippen molar-refractivity contribution in [3.05, 3.63) is 23.9 Å². The van der Waals surface area contributed by atoms with Crippen molar-refractivity contribution in [2.75, 3.05) is 6.54 Å². The Morgan fingerprint density at radius 3 is 3.33 bits per heavy atom. The molecule has 2 rings (SSSR count). The molecule has 1 aliphatic heterocycles. The fourth-order valence-corrected chi connectivity index (χ4v) is 1.79. The van der Waals surface area contributed by atoms with Crippen molar-refractivity contribution in [2.45, 2.75) is 19.3 Å². The Labute approximate surface area is 72.3 Å². The number of hydrogen-bond acceptors (Lipinski definition) is 2. The second-order valence-electron chi connectivity index (χ2n) is 3.34. The first-order chi connectivity index (χ1) is 5.88. The second kappa shape index (κ2) is 3.13. The molecule has 0 saturated carbocycles. The Hall–Kier alpha value is -1.05. The topological polar surface area (TPSA) is 29.1 Å². The maximum atomic E-state index is 11.5. The average Bonchev–Trinajstić information content (AvgIpc) is 2.29. The Morgan fingerprint density at radius 1 is 1.50 bits per heavy atom. The van der Waals surface area contributed by atoms with Gasteiger partial charge in [-0.15, -0.1) is 0 Å². The van der Waals surface area contributed by atoms with Gasteiger partial charge in [-0.3, -0.25) is 4.79 Å². The minimum Gasteiger partial charge on any atom is -0.388 e. The molecule has 64 valence electrons. The third-order valence-corrected chi connectivity index (χ3v) is 2.48. The Bertz CT molecular complexity index is 253. The summed E-state index contributed by atoms with van der Waals surface area (Å²) in [4.78, 5) is 11.5. The second-order valence-corrected chi connectivity index (χ2v) is 3.34. The molecule has 0 aromatic carbocycles. The number of allylic oxidation sites excluding steroid dienone is 4. The average molecular weight is 163 g/mol. The van der Waals surface area contributed by atoms with Gasteiger partial charge in [0, 0.05) is 18.7 Å². The highest BCUT2D eigenvalue weighted by Gasteiger charge is 2.24. The first-order valence-corrected chi connectivity index (χ1v) is 4.51. The van der Waals surface area contributed by atoms with Gasteiger partial charge in [-0.25, -0.2) is 0 Å². The van der Waals surface area contributed by atoms with Gasteiger partial charge in [-0.2, -0.15) is 0 Å². The van der Waals surface area contributed by atoms with Gasteiger partial charge in [0.25, 0.3) is 0 Å². The lowest BCUT2D eigenvalue weighted by atomic mass is 9.92. The van der Waals surface area contributed by atoms with Gasteiger partial charge in [0.15, 0.2) is 0 Å². The van der Waals surface area contributed by atoms with E-state index in [-0.39, 0.29) is 5.92 Å². The summed E-state index contributed by atoms with van der Waals surface area (Å²) in [7, 11) is 0. The molecule has 1 fully saturated rings.